The number of fused-ring (bicyclic) bond motifs is 1. The van der Waals surface area contributed by atoms with Crippen molar-refractivity contribution in [1.82, 2.24) is 9.13 Å². The Kier molecular flexibility index (Phi) is 8.60. The molecule has 0 aliphatic heterocycles. The zero-order chi connectivity index (χ0) is 25.7. The van der Waals surface area contributed by atoms with E-state index in [4.69, 9.17) is 10.5 Å². The molecule has 3 rings (SSSR count). The molecule has 6 heteroatoms. The maximum absolute atomic E-state index is 12.8. The summed E-state index contributed by atoms with van der Waals surface area (Å²) in [4.78, 5) is 24.3. The predicted molar refractivity (Wildman–Crippen MR) is 143 cm³/mol. The van der Waals surface area contributed by atoms with E-state index in [1.54, 1.807) is 10.6 Å². The molecule has 0 radical (unpaired) electrons. The number of hydrogen-bond donors (Lipinski definition) is 1. The first-order valence-electron chi connectivity index (χ1n) is 12.6. The minimum Gasteiger partial charge on any atom is -0.490 e. The fourth-order valence-electron chi connectivity index (χ4n) is 4.57. The van der Waals surface area contributed by atoms with Gasteiger partial charge < -0.3 is 19.6 Å². The summed E-state index contributed by atoms with van der Waals surface area (Å²) in [6, 6.07) is 11.8. The molecule has 3 aromatic rings. The van der Waals surface area contributed by atoms with Crippen LogP contribution in [0, 0.1) is 11.8 Å². The standard InChI is InChI=1S/C29H39N3O3/c1-7-20(5)29(22-12-14-32(17-19(3)4)28(34)16-22)35-26(8-2)21(6)23-10-9-11-25-24(23)13-15-31(25)18-27(30)33/h9-16,19-20,29H,7-8,17-18H2,1-6H3,(H2,30,33)/b26-21+. The highest BCUT2D eigenvalue weighted by molar-refractivity contribution is 5.93. The topological polar surface area (TPSA) is 79.2 Å². The van der Waals surface area contributed by atoms with Crippen molar-refractivity contribution in [3.05, 3.63) is 76.0 Å². The lowest BCUT2D eigenvalue weighted by atomic mass is 9.95. The third kappa shape index (κ3) is 6.05. The molecule has 0 aliphatic carbocycles. The summed E-state index contributed by atoms with van der Waals surface area (Å²) in [5.41, 5.74) is 9.42. The van der Waals surface area contributed by atoms with Crippen LogP contribution in [0.1, 0.15) is 71.6 Å². The van der Waals surface area contributed by atoms with Crippen molar-refractivity contribution in [3.63, 3.8) is 0 Å². The minimum atomic E-state index is -0.371. The molecule has 0 bridgehead atoms. The molecule has 1 amide bonds. The number of amides is 1. The van der Waals surface area contributed by atoms with Crippen molar-refractivity contribution in [2.75, 3.05) is 0 Å². The Labute approximate surface area is 208 Å². The van der Waals surface area contributed by atoms with E-state index in [1.807, 2.05) is 41.2 Å². The normalized spacial score (nSPS) is 14.1. The molecule has 1 aromatic carbocycles. The maximum Gasteiger partial charge on any atom is 0.250 e. The number of primary amides is 1. The van der Waals surface area contributed by atoms with E-state index in [0.29, 0.717) is 12.5 Å². The van der Waals surface area contributed by atoms with Gasteiger partial charge in [-0.1, -0.05) is 46.8 Å². The van der Waals surface area contributed by atoms with Crippen LogP contribution in [0.25, 0.3) is 16.5 Å². The molecule has 2 atom stereocenters. The summed E-state index contributed by atoms with van der Waals surface area (Å²) in [5.74, 6) is 1.16. The van der Waals surface area contributed by atoms with Gasteiger partial charge in [-0.2, -0.15) is 0 Å². The van der Waals surface area contributed by atoms with E-state index in [2.05, 4.69) is 47.6 Å². The molecule has 0 fully saturated rings. The Bertz CT molecular complexity index is 1270. The number of carbonyl (C=O) groups excluding carboxylic acids is 1. The highest BCUT2D eigenvalue weighted by atomic mass is 16.5. The van der Waals surface area contributed by atoms with Crippen molar-refractivity contribution in [2.24, 2.45) is 17.6 Å². The van der Waals surface area contributed by atoms with E-state index in [1.165, 1.54) is 0 Å². The van der Waals surface area contributed by atoms with Crippen LogP contribution in [0.2, 0.25) is 0 Å². The first kappa shape index (κ1) is 26.3. The summed E-state index contributed by atoms with van der Waals surface area (Å²) >= 11 is 0. The highest BCUT2D eigenvalue weighted by Gasteiger charge is 2.23. The minimum absolute atomic E-state index is 0.00686. The molecule has 0 saturated carbocycles. The van der Waals surface area contributed by atoms with Gasteiger partial charge >= 0.3 is 0 Å². The molecule has 188 valence electrons. The SMILES string of the molecule is CC/C(OC(c1ccn(CC(C)C)c(=O)c1)C(C)CC)=C(/C)c1cccc2c1ccn2CC(N)=O. The molecule has 2 N–H and O–H groups in total. The van der Waals surface area contributed by atoms with Gasteiger partial charge in [-0.05, 0) is 60.1 Å². The molecule has 2 heterocycles. The van der Waals surface area contributed by atoms with Gasteiger partial charge in [0.1, 0.15) is 18.4 Å². The third-order valence-corrected chi connectivity index (χ3v) is 6.62. The van der Waals surface area contributed by atoms with Crippen LogP contribution in [0.3, 0.4) is 0 Å². The maximum atomic E-state index is 12.8. The Hall–Kier alpha value is -3.28. The lowest BCUT2D eigenvalue weighted by Gasteiger charge is -2.27. The number of aromatic nitrogens is 2. The quantitative estimate of drug-likeness (QED) is 0.350. The molecule has 0 saturated heterocycles. The van der Waals surface area contributed by atoms with Crippen LogP contribution in [0.15, 0.2) is 59.3 Å². The average molecular weight is 478 g/mol. The molecule has 0 spiro atoms. The highest BCUT2D eigenvalue weighted by Crippen LogP contribution is 2.35. The Morgan fingerprint density at radius 3 is 2.37 bits per heavy atom. The third-order valence-electron chi connectivity index (χ3n) is 6.62. The largest absolute Gasteiger partial charge is 0.490 e. The molecule has 2 aromatic heterocycles. The van der Waals surface area contributed by atoms with Crippen molar-refractivity contribution < 1.29 is 9.53 Å². The average Bonchev–Trinajstić information content (AvgIpc) is 3.22. The van der Waals surface area contributed by atoms with Crippen LogP contribution < -0.4 is 11.3 Å². The number of nitrogens with two attached hydrogens (primary N) is 1. The van der Waals surface area contributed by atoms with Gasteiger partial charge in [0.15, 0.2) is 0 Å². The zero-order valence-electron chi connectivity index (χ0n) is 21.9. The van der Waals surface area contributed by atoms with Gasteiger partial charge in [-0.25, -0.2) is 0 Å². The van der Waals surface area contributed by atoms with Crippen LogP contribution in [-0.4, -0.2) is 15.0 Å². The van der Waals surface area contributed by atoms with Gasteiger partial charge in [0.05, 0.1) is 0 Å². The molecular formula is C29H39N3O3. The number of hydrogen-bond acceptors (Lipinski definition) is 3. The second-order valence-corrected chi connectivity index (χ2v) is 9.82. The lowest BCUT2D eigenvalue weighted by Crippen LogP contribution is -2.23. The Balaban J connectivity index is 2.02. The van der Waals surface area contributed by atoms with Gasteiger partial charge in [-0.3, -0.25) is 9.59 Å². The van der Waals surface area contributed by atoms with E-state index in [0.717, 1.165) is 46.2 Å². The lowest BCUT2D eigenvalue weighted by molar-refractivity contribution is -0.118. The number of ether oxygens (including phenoxy) is 1. The monoisotopic (exact) mass is 477 g/mol. The molecule has 35 heavy (non-hydrogen) atoms. The first-order chi connectivity index (χ1) is 16.7. The first-order valence-corrected chi connectivity index (χ1v) is 12.6. The van der Waals surface area contributed by atoms with Gasteiger partial charge in [-0.15, -0.1) is 0 Å². The van der Waals surface area contributed by atoms with Crippen molar-refractivity contribution in [2.45, 2.75) is 73.6 Å². The van der Waals surface area contributed by atoms with Gasteiger partial charge in [0.2, 0.25) is 5.91 Å². The van der Waals surface area contributed by atoms with Crippen LogP contribution in [0.4, 0.5) is 0 Å². The zero-order valence-corrected chi connectivity index (χ0v) is 21.9. The van der Waals surface area contributed by atoms with E-state index >= 15 is 0 Å². The van der Waals surface area contributed by atoms with Crippen molar-refractivity contribution in [3.8, 4) is 0 Å². The fraction of sp³-hybridized carbons (Fsp3) is 0.448. The molecule has 6 nitrogen and oxygen atoms in total. The predicted octanol–water partition coefficient (Wildman–Crippen LogP) is 5.89. The number of pyridine rings is 1. The Morgan fingerprint density at radius 2 is 1.77 bits per heavy atom. The smallest absolute Gasteiger partial charge is 0.250 e. The fourth-order valence-corrected chi connectivity index (χ4v) is 4.57. The van der Waals surface area contributed by atoms with E-state index in [9.17, 15) is 9.59 Å². The molecule has 0 aliphatic rings. The second kappa shape index (κ2) is 11.4. The van der Waals surface area contributed by atoms with Gasteiger partial charge in [0, 0.05) is 42.3 Å². The molecular weight excluding hydrogens is 438 g/mol. The summed E-state index contributed by atoms with van der Waals surface area (Å²) in [6.45, 7) is 13.5. The number of nitrogens with zero attached hydrogens (tertiary/aromatic N) is 2. The van der Waals surface area contributed by atoms with E-state index < -0.39 is 0 Å². The van der Waals surface area contributed by atoms with Gasteiger partial charge in [0.25, 0.3) is 5.56 Å². The second-order valence-electron chi connectivity index (χ2n) is 9.82. The number of rotatable bonds is 11. The number of carbonyl (C=O) groups is 1. The van der Waals surface area contributed by atoms with Crippen LogP contribution in [0.5, 0.6) is 0 Å². The number of allylic oxidation sites excluding steroid dienone is 2. The summed E-state index contributed by atoms with van der Waals surface area (Å²) in [6.07, 6.45) is 5.22. The van der Waals surface area contributed by atoms with Crippen molar-refractivity contribution >= 4 is 22.4 Å². The summed E-state index contributed by atoms with van der Waals surface area (Å²) in [5, 5.41) is 1.05. The van der Waals surface area contributed by atoms with Crippen LogP contribution >= 0.6 is 0 Å². The molecule has 2 unspecified atom stereocenters. The van der Waals surface area contributed by atoms with Crippen molar-refractivity contribution in [1.29, 1.82) is 0 Å². The van der Waals surface area contributed by atoms with E-state index in [-0.39, 0.29) is 30.0 Å². The number of benzene rings is 1. The summed E-state index contributed by atoms with van der Waals surface area (Å²) < 4.78 is 10.3. The van der Waals surface area contributed by atoms with Crippen LogP contribution in [-0.2, 0) is 22.6 Å². The summed E-state index contributed by atoms with van der Waals surface area (Å²) in [7, 11) is 0. The Morgan fingerprint density at radius 1 is 1.06 bits per heavy atom.